The molecule has 0 bridgehead atoms. The molecule has 32 heavy (non-hydrogen) atoms. The van der Waals surface area contributed by atoms with Gasteiger partial charge in [0.1, 0.15) is 16.4 Å². The topological polar surface area (TPSA) is 80.2 Å². The van der Waals surface area contributed by atoms with Gasteiger partial charge in [-0.25, -0.2) is 0 Å². The molecule has 0 saturated heterocycles. The van der Waals surface area contributed by atoms with Crippen molar-refractivity contribution in [2.75, 3.05) is 26.6 Å². The molecule has 170 valence electrons. The van der Waals surface area contributed by atoms with Crippen LogP contribution in [0.2, 0.25) is 0 Å². The van der Waals surface area contributed by atoms with Gasteiger partial charge in [0.2, 0.25) is 0 Å². The highest BCUT2D eigenvalue weighted by molar-refractivity contribution is 8.00. The summed E-state index contributed by atoms with van der Waals surface area (Å²) in [5.41, 5.74) is 3.17. The number of hydrogen-bond donors (Lipinski definition) is 0. The molecule has 4 atom stereocenters. The van der Waals surface area contributed by atoms with Gasteiger partial charge in [-0.3, -0.25) is 4.79 Å². The molecule has 7 heteroatoms. The first-order valence-electron chi connectivity index (χ1n) is 10.8. The molecule has 0 N–H and O–H groups in total. The third-order valence-electron chi connectivity index (χ3n) is 6.46. The summed E-state index contributed by atoms with van der Waals surface area (Å²) in [5.74, 6) is 0.290. The lowest BCUT2D eigenvalue weighted by Crippen LogP contribution is -2.38. The van der Waals surface area contributed by atoms with E-state index in [1.54, 1.807) is 21.1 Å². The summed E-state index contributed by atoms with van der Waals surface area (Å²) >= 11 is 0. The monoisotopic (exact) mass is 455 g/mol. The molecular formula is C25H29NO5S. The van der Waals surface area contributed by atoms with Gasteiger partial charge in [-0.1, -0.05) is 28.6 Å². The van der Waals surface area contributed by atoms with Crippen molar-refractivity contribution in [3.63, 3.8) is 0 Å². The smallest absolute Gasteiger partial charge is 0.309 e. The van der Waals surface area contributed by atoms with E-state index in [9.17, 15) is 9.35 Å². The number of hydrogen-bond acceptors (Lipinski definition) is 6. The standard InChI is InChI=1S/C25H29NO5S/c1-6-16-13-18(25(27)31-7-2)19-14-32(28,17-11-9-8-10-12-17)26-22-21(19)20(16)23(29-4)15(3)24(22)30-5/h6,8-12,16,18-19H,1,7,13-14H2,2-5H3/t16-,18-,19-,32?/m0/s1. The Morgan fingerprint density at radius 1 is 1.22 bits per heavy atom. The van der Waals surface area contributed by atoms with Crippen LogP contribution in [0.4, 0.5) is 5.69 Å². The Morgan fingerprint density at radius 3 is 2.50 bits per heavy atom. The van der Waals surface area contributed by atoms with Gasteiger partial charge >= 0.3 is 5.97 Å². The van der Waals surface area contributed by atoms with Crippen LogP contribution in [0.5, 0.6) is 11.5 Å². The van der Waals surface area contributed by atoms with Crippen molar-refractivity contribution in [3.8, 4) is 11.5 Å². The van der Waals surface area contributed by atoms with Crippen molar-refractivity contribution < 1.29 is 23.6 Å². The van der Waals surface area contributed by atoms with Crippen molar-refractivity contribution in [2.24, 2.45) is 10.3 Å². The highest BCUT2D eigenvalue weighted by Gasteiger charge is 2.49. The van der Waals surface area contributed by atoms with Gasteiger partial charge in [0.25, 0.3) is 0 Å². The van der Waals surface area contributed by atoms with Crippen LogP contribution in [-0.4, -0.2) is 37.1 Å². The van der Waals surface area contributed by atoms with Gasteiger partial charge in [-0.05, 0) is 42.5 Å². The Balaban J connectivity index is 2.08. The fourth-order valence-corrected chi connectivity index (χ4v) is 7.41. The van der Waals surface area contributed by atoms with Crippen LogP contribution in [0.1, 0.15) is 41.9 Å². The van der Waals surface area contributed by atoms with Crippen LogP contribution in [0.15, 0.2) is 52.2 Å². The number of esters is 1. The van der Waals surface area contributed by atoms with E-state index in [4.69, 9.17) is 18.6 Å². The van der Waals surface area contributed by atoms with Crippen molar-refractivity contribution in [1.82, 2.24) is 0 Å². The summed E-state index contributed by atoms with van der Waals surface area (Å²) in [4.78, 5) is 13.7. The lowest BCUT2D eigenvalue weighted by Gasteiger charge is -2.42. The zero-order valence-corrected chi connectivity index (χ0v) is 19.7. The maximum absolute atomic E-state index is 14.3. The Morgan fingerprint density at radius 2 is 1.91 bits per heavy atom. The molecular weight excluding hydrogens is 426 g/mol. The van der Waals surface area contributed by atoms with E-state index < -0.39 is 16.0 Å². The number of benzene rings is 2. The first-order chi connectivity index (χ1) is 15.4. The molecule has 1 heterocycles. The van der Waals surface area contributed by atoms with E-state index in [1.165, 1.54) is 0 Å². The average Bonchev–Trinajstić information content (AvgIpc) is 2.80. The zero-order chi connectivity index (χ0) is 23.0. The first kappa shape index (κ1) is 22.6. The average molecular weight is 456 g/mol. The van der Waals surface area contributed by atoms with Crippen LogP contribution >= 0.6 is 0 Å². The highest BCUT2D eigenvalue weighted by Crippen LogP contribution is 2.59. The molecule has 0 radical (unpaired) electrons. The Hall–Kier alpha value is -2.64. The maximum atomic E-state index is 14.3. The quantitative estimate of drug-likeness (QED) is 0.343. The molecule has 0 spiro atoms. The molecule has 4 rings (SSSR count). The normalized spacial score (nSPS) is 25.8. The minimum atomic E-state index is -2.83. The second-order valence-electron chi connectivity index (χ2n) is 8.12. The van der Waals surface area contributed by atoms with E-state index in [2.05, 4.69) is 6.58 Å². The molecule has 0 saturated carbocycles. The number of allylic oxidation sites excluding steroid dienone is 1. The van der Waals surface area contributed by atoms with Gasteiger partial charge < -0.3 is 18.8 Å². The van der Waals surface area contributed by atoms with Gasteiger partial charge in [0.15, 0.2) is 11.4 Å². The summed E-state index contributed by atoms with van der Waals surface area (Å²) in [6.07, 6.45) is 2.36. The van der Waals surface area contributed by atoms with Crippen LogP contribution in [0.3, 0.4) is 0 Å². The second kappa shape index (κ2) is 8.71. The van der Waals surface area contributed by atoms with E-state index in [0.717, 1.165) is 16.7 Å². The minimum Gasteiger partial charge on any atom is -0.626 e. The summed E-state index contributed by atoms with van der Waals surface area (Å²) in [6, 6.07) is 9.25. The third-order valence-corrected chi connectivity index (χ3v) is 8.76. The second-order valence-corrected chi connectivity index (χ2v) is 10.4. The molecule has 1 unspecified atom stereocenters. The number of methoxy groups -OCH3 is 2. The van der Waals surface area contributed by atoms with E-state index in [0.29, 0.717) is 35.1 Å². The van der Waals surface area contributed by atoms with Crippen molar-refractivity contribution in [2.45, 2.75) is 37.0 Å². The largest absolute Gasteiger partial charge is 0.626 e. The number of rotatable bonds is 6. The van der Waals surface area contributed by atoms with Crippen LogP contribution in [0, 0.1) is 12.8 Å². The molecule has 0 fully saturated rings. The molecule has 6 nitrogen and oxygen atoms in total. The predicted molar refractivity (Wildman–Crippen MR) is 125 cm³/mol. The van der Waals surface area contributed by atoms with Gasteiger partial charge in [0, 0.05) is 28.5 Å². The van der Waals surface area contributed by atoms with Gasteiger partial charge in [-0.15, -0.1) is 6.58 Å². The van der Waals surface area contributed by atoms with Crippen LogP contribution < -0.4 is 9.47 Å². The molecule has 1 aliphatic heterocycles. The lowest BCUT2D eigenvalue weighted by molar-refractivity contribution is -0.149. The van der Waals surface area contributed by atoms with E-state index in [-0.39, 0.29) is 23.6 Å². The Bertz CT molecular complexity index is 1110. The number of carbonyl (C=O) groups excluding carboxylic acids is 1. The van der Waals surface area contributed by atoms with Crippen molar-refractivity contribution in [1.29, 1.82) is 0 Å². The minimum absolute atomic E-state index is 0.116. The summed E-state index contributed by atoms with van der Waals surface area (Å²) in [5, 5.41) is 0. The maximum Gasteiger partial charge on any atom is 0.309 e. The van der Waals surface area contributed by atoms with Crippen molar-refractivity contribution >= 4 is 21.8 Å². The van der Waals surface area contributed by atoms with Crippen LogP contribution in [-0.2, 0) is 19.6 Å². The van der Waals surface area contributed by atoms with Crippen molar-refractivity contribution in [3.05, 3.63) is 59.7 Å². The van der Waals surface area contributed by atoms with Gasteiger partial charge in [0.05, 0.1) is 26.7 Å². The fourth-order valence-electron chi connectivity index (χ4n) is 5.09. The molecule has 2 aromatic carbocycles. The summed E-state index contributed by atoms with van der Waals surface area (Å²) in [6.45, 7) is 8.02. The highest BCUT2D eigenvalue weighted by atomic mass is 32.3. The third kappa shape index (κ3) is 3.44. The molecule has 1 aliphatic carbocycles. The number of carbonyl (C=O) groups is 1. The SMILES string of the molecule is C=C[C@H]1C[C@H](C(=O)OCC)[C@@H]2C[S+]([O-])(c3ccccc3)=Nc3c(OC)c(C)c(OC)c1c32. The molecule has 2 aliphatic rings. The summed E-state index contributed by atoms with van der Waals surface area (Å²) < 4.78 is 36.1. The first-order valence-corrected chi connectivity index (χ1v) is 12.5. The van der Waals surface area contributed by atoms with E-state index in [1.807, 2.05) is 43.3 Å². The summed E-state index contributed by atoms with van der Waals surface area (Å²) in [7, 11) is 0.373. The zero-order valence-electron chi connectivity index (χ0n) is 18.9. The lowest BCUT2D eigenvalue weighted by atomic mass is 9.69. The predicted octanol–water partition coefficient (Wildman–Crippen LogP) is 5.12. The molecule has 0 aromatic heterocycles. The molecule has 2 aromatic rings. The number of nitrogens with zero attached hydrogens (tertiary/aromatic N) is 1. The Kier molecular flexibility index (Phi) is 6.14. The van der Waals surface area contributed by atoms with E-state index >= 15 is 0 Å². The Labute approximate surface area is 190 Å². The fraction of sp³-hybridized carbons (Fsp3) is 0.400. The van der Waals surface area contributed by atoms with Crippen LogP contribution in [0.25, 0.3) is 0 Å². The molecule has 0 amide bonds. The van der Waals surface area contributed by atoms with Gasteiger partial charge in [-0.2, -0.15) is 0 Å². The number of ether oxygens (including phenoxy) is 3.